The number of imide groups is 1. The van der Waals surface area contributed by atoms with Crippen LogP contribution in [0.15, 0.2) is 0 Å². The maximum atomic E-state index is 11.7. The molecular weight excluding hydrogens is 234 g/mol. The standard InChI is InChI=1S/C12H25N3O3/c1-5-7-10(8-18-4)14-9(3)11(16)15-12(17)13-6-2/h9-10,14H,5-8H2,1-4H3,(H2,13,15,16,17). The summed E-state index contributed by atoms with van der Waals surface area (Å²) >= 11 is 0. The van der Waals surface area contributed by atoms with Crippen molar-refractivity contribution in [2.45, 2.75) is 45.7 Å². The lowest BCUT2D eigenvalue weighted by Gasteiger charge is -2.21. The summed E-state index contributed by atoms with van der Waals surface area (Å²) in [5, 5.41) is 7.94. The van der Waals surface area contributed by atoms with E-state index in [9.17, 15) is 9.59 Å². The van der Waals surface area contributed by atoms with E-state index in [1.165, 1.54) is 0 Å². The van der Waals surface area contributed by atoms with E-state index in [-0.39, 0.29) is 11.9 Å². The molecule has 0 spiro atoms. The largest absolute Gasteiger partial charge is 0.383 e. The van der Waals surface area contributed by atoms with Gasteiger partial charge in [-0.25, -0.2) is 4.79 Å². The lowest BCUT2D eigenvalue weighted by Crippen LogP contribution is -2.51. The van der Waals surface area contributed by atoms with Crippen molar-refractivity contribution in [2.24, 2.45) is 0 Å². The van der Waals surface area contributed by atoms with Crippen LogP contribution in [0.4, 0.5) is 4.79 Å². The Morgan fingerprint density at radius 2 is 1.94 bits per heavy atom. The van der Waals surface area contributed by atoms with Crippen LogP contribution in [0.1, 0.15) is 33.6 Å². The molecule has 0 aliphatic rings. The SMILES string of the molecule is CCCC(COC)NC(C)C(=O)NC(=O)NCC. The molecule has 18 heavy (non-hydrogen) atoms. The molecule has 0 saturated carbocycles. The lowest BCUT2D eigenvalue weighted by molar-refractivity contribution is -0.121. The van der Waals surface area contributed by atoms with Crippen LogP contribution >= 0.6 is 0 Å². The molecule has 6 nitrogen and oxygen atoms in total. The van der Waals surface area contributed by atoms with E-state index in [1.807, 2.05) is 0 Å². The third-order valence-electron chi connectivity index (χ3n) is 2.46. The third-order valence-corrected chi connectivity index (χ3v) is 2.46. The molecule has 3 N–H and O–H groups in total. The second kappa shape index (κ2) is 9.85. The van der Waals surface area contributed by atoms with E-state index < -0.39 is 12.1 Å². The highest BCUT2D eigenvalue weighted by molar-refractivity contribution is 5.96. The molecule has 6 heteroatoms. The first-order valence-electron chi connectivity index (χ1n) is 6.38. The Balaban J connectivity index is 4.14. The number of amides is 3. The van der Waals surface area contributed by atoms with Crippen LogP contribution < -0.4 is 16.0 Å². The van der Waals surface area contributed by atoms with Gasteiger partial charge in [-0.3, -0.25) is 10.1 Å². The highest BCUT2D eigenvalue weighted by Crippen LogP contribution is 1.99. The summed E-state index contributed by atoms with van der Waals surface area (Å²) in [4.78, 5) is 22.9. The minimum absolute atomic E-state index is 0.120. The molecule has 0 heterocycles. The summed E-state index contributed by atoms with van der Waals surface area (Å²) in [6.45, 7) is 6.63. The summed E-state index contributed by atoms with van der Waals surface area (Å²) < 4.78 is 5.08. The smallest absolute Gasteiger partial charge is 0.321 e. The fourth-order valence-electron chi connectivity index (χ4n) is 1.62. The van der Waals surface area contributed by atoms with Gasteiger partial charge in [-0.05, 0) is 20.3 Å². The molecule has 0 aliphatic heterocycles. The Morgan fingerprint density at radius 1 is 1.28 bits per heavy atom. The molecule has 0 bridgehead atoms. The first-order valence-corrected chi connectivity index (χ1v) is 6.38. The van der Waals surface area contributed by atoms with Crippen LogP contribution in [0.2, 0.25) is 0 Å². The van der Waals surface area contributed by atoms with Gasteiger partial charge in [0.1, 0.15) is 0 Å². The first kappa shape index (κ1) is 16.9. The van der Waals surface area contributed by atoms with Crippen molar-refractivity contribution in [3.05, 3.63) is 0 Å². The number of methoxy groups -OCH3 is 1. The van der Waals surface area contributed by atoms with Crippen LogP contribution in [0.3, 0.4) is 0 Å². The monoisotopic (exact) mass is 259 g/mol. The summed E-state index contributed by atoms with van der Waals surface area (Å²) in [5.41, 5.74) is 0. The van der Waals surface area contributed by atoms with E-state index in [2.05, 4.69) is 22.9 Å². The van der Waals surface area contributed by atoms with Crippen LogP contribution in [0.25, 0.3) is 0 Å². The fraction of sp³-hybridized carbons (Fsp3) is 0.833. The Morgan fingerprint density at radius 3 is 2.44 bits per heavy atom. The average Bonchev–Trinajstić information content (AvgIpc) is 2.29. The summed E-state index contributed by atoms with van der Waals surface area (Å²) in [5.74, 6) is -0.335. The summed E-state index contributed by atoms with van der Waals surface area (Å²) in [7, 11) is 1.63. The van der Waals surface area contributed by atoms with Crippen molar-refractivity contribution in [1.82, 2.24) is 16.0 Å². The number of nitrogens with one attached hydrogen (secondary N) is 3. The van der Waals surface area contributed by atoms with Gasteiger partial charge in [0, 0.05) is 19.7 Å². The highest BCUT2D eigenvalue weighted by atomic mass is 16.5. The zero-order valence-electron chi connectivity index (χ0n) is 11.7. The molecule has 0 radical (unpaired) electrons. The Bertz CT molecular complexity index is 253. The van der Waals surface area contributed by atoms with Gasteiger partial charge in [0.15, 0.2) is 0 Å². The summed E-state index contributed by atoms with van der Waals surface area (Å²) in [6.07, 6.45) is 1.93. The Hall–Kier alpha value is -1.14. The number of hydrogen-bond donors (Lipinski definition) is 3. The highest BCUT2D eigenvalue weighted by Gasteiger charge is 2.18. The lowest BCUT2D eigenvalue weighted by atomic mass is 10.1. The van der Waals surface area contributed by atoms with E-state index in [1.54, 1.807) is 21.0 Å². The van der Waals surface area contributed by atoms with Crippen molar-refractivity contribution in [2.75, 3.05) is 20.3 Å². The molecule has 0 saturated heterocycles. The third kappa shape index (κ3) is 7.24. The quantitative estimate of drug-likeness (QED) is 0.597. The van der Waals surface area contributed by atoms with Gasteiger partial charge in [-0.15, -0.1) is 0 Å². The number of carbonyl (C=O) groups excluding carboxylic acids is 2. The van der Waals surface area contributed by atoms with Crippen molar-refractivity contribution >= 4 is 11.9 Å². The number of hydrogen-bond acceptors (Lipinski definition) is 4. The maximum Gasteiger partial charge on any atom is 0.321 e. The van der Waals surface area contributed by atoms with Gasteiger partial charge in [-0.1, -0.05) is 13.3 Å². The number of ether oxygens (including phenoxy) is 1. The van der Waals surface area contributed by atoms with E-state index in [0.29, 0.717) is 13.2 Å². The van der Waals surface area contributed by atoms with Gasteiger partial charge in [0.05, 0.1) is 12.6 Å². The molecule has 0 rings (SSSR count). The van der Waals surface area contributed by atoms with Crippen molar-refractivity contribution in [1.29, 1.82) is 0 Å². The molecule has 106 valence electrons. The van der Waals surface area contributed by atoms with Crippen molar-refractivity contribution in [3.8, 4) is 0 Å². The second-order valence-corrected chi connectivity index (χ2v) is 4.18. The molecule has 3 amide bonds. The molecule has 0 aromatic carbocycles. The predicted molar refractivity (Wildman–Crippen MR) is 70.4 cm³/mol. The van der Waals surface area contributed by atoms with Crippen LogP contribution in [-0.4, -0.2) is 44.3 Å². The molecule has 0 aromatic heterocycles. The molecular formula is C12H25N3O3. The number of carbonyl (C=O) groups is 2. The second-order valence-electron chi connectivity index (χ2n) is 4.18. The van der Waals surface area contributed by atoms with Crippen LogP contribution in [0, 0.1) is 0 Å². The summed E-state index contributed by atoms with van der Waals surface area (Å²) in [6, 6.07) is -0.774. The van der Waals surface area contributed by atoms with E-state index >= 15 is 0 Å². The Labute approximate surface area is 109 Å². The van der Waals surface area contributed by atoms with E-state index in [0.717, 1.165) is 12.8 Å². The van der Waals surface area contributed by atoms with Gasteiger partial charge >= 0.3 is 6.03 Å². The van der Waals surface area contributed by atoms with Crippen molar-refractivity contribution < 1.29 is 14.3 Å². The average molecular weight is 259 g/mol. The normalized spacial score (nSPS) is 13.8. The molecule has 0 aliphatic carbocycles. The first-order chi connectivity index (χ1) is 8.54. The van der Waals surface area contributed by atoms with Crippen LogP contribution in [0.5, 0.6) is 0 Å². The van der Waals surface area contributed by atoms with Crippen molar-refractivity contribution in [3.63, 3.8) is 0 Å². The molecule has 0 fully saturated rings. The zero-order valence-corrected chi connectivity index (χ0v) is 11.7. The predicted octanol–water partition coefficient (Wildman–Crippen LogP) is 0.625. The minimum atomic E-state index is -0.463. The van der Waals surface area contributed by atoms with Crippen LogP contribution in [-0.2, 0) is 9.53 Å². The van der Waals surface area contributed by atoms with Gasteiger partial charge in [0.25, 0.3) is 0 Å². The molecule has 2 atom stereocenters. The maximum absolute atomic E-state index is 11.7. The number of rotatable bonds is 8. The van der Waals surface area contributed by atoms with Gasteiger partial charge < -0.3 is 15.4 Å². The molecule has 2 unspecified atom stereocenters. The minimum Gasteiger partial charge on any atom is -0.383 e. The van der Waals surface area contributed by atoms with Gasteiger partial charge in [0.2, 0.25) is 5.91 Å². The number of urea groups is 1. The topological polar surface area (TPSA) is 79.5 Å². The fourth-order valence-corrected chi connectivity index (χ4v) is 1.62. The Kier molecular flexibility index (Phi) is 9.22. The zero-order chi connectivity index (χ0) is 14.0. The van der Waals surface area contributed by atoms with E-state index in [4.69, 9.17) is 4.74 Å². The van der Waals surface area contributed by atoms with Gasteiger partial charge in [-0.2, -0.15) is 0 Å². The molecule has 0 aromatic rings.